The van der Waals surface area contributed by atoms with Crippen LogP contribution in [-0.4, -0.2) is 36.7 Å². The van der Waals surface area contributed by atoms with Gasteiger partial charge in [0.15, 0.2) is 0 Å². The van der Waals surface area contributed by atoms with E-state index in [-0.39, 0.29) is 6.09 Å². The number of hydrogen-bond donors (Lipinski definition) is 1. The van der Waals surface area contributed by atoms with Gasteiger partial charge in [-0.25, -0.2) is 4.79 Å². The fraction of sp³-hybridized carbons (Fsp3) is 0.476. The van der Waals surface area contributed by atoms with Crippen LogP contribution in [0.2, 0.25) is 0 Å². The van der Waals surface area contributed by atoms with Crippen LogP contribution in [0.4, 0.5) is 10.5 Å². The van der Waals surface area contributed by atoms with Crippen molar-refractivity contribution in [3.05, 3.63) is 42.5 Å². The molecule has 0 radical (unpaired) electrons. The summed E-state index contributed by atoms with van der Waals surface area (Å²) in [6, 6.07) is 14.6. The van der Waals surface area contributed by atoms with E-state index in [9.17, 15) is 4.79 Å². The quantitative estimate of drug-likeness (QED) is 0.885. The summed E-state index contributed by atoms with van der Waals surface area (Å²) in [6.45, 7) is 2.95. The van der Waals surface area contributed by atoms with Crippen LogP contribution in [-0.2, 0) is 4.74 Å². The number of anilines is 1. The molecule has 132 valence electrons. The van der Waals surface area contributed by atoms with Gasteiger partial charge in [-0.1, -0.05) is 42.8 Å². The van der Waals surface area contributed by atoms with Crippen molar-refractivity contribution >= 4 is 22.6 Å². The predicted octanol–water partition coefficient (Wildman–Crippen LogP) is 4.65. The van der Waals surface area contributed by atoms with Crippen LogP contribution in [0.5, 0.6) is 0 Å². The molecule has 2 aliphatic rings. The Balaban J connectivity index is 1.37. The lowest BCUT2D eigenvalue weighted by atomic mass is 9.84. The Morgan fingerprint density at radius 1 is 1.04 bits per heavy atom. The molecule has 25 heavy (non-hydrogen) atoms. The zero-order valence-electron chi connectivity index (χ0n) is 14.6. The van der Waals surface area contributed by atoms with Crippen molar-refractivity contribution in [2.45, 2.75) is 38.1 Å². The number of fused-ring (bicyclic) bond motifs is 2. The van der Waals surface area contributed by atoms with Gasteiger partial charge < -0.3 is 4.74 Å². The topological polar surface area (TPSA) is 41.6 Å². The number of benzene rings is 2. The van der Waals surface area contributed by atoms with E-state index in [1.54, 1.807) is 0 Å². The van der Waals surface area contributed by atoms with Crippen molar-refractivity contribution in [1.82, 2.24) is 4.90 Å². The number of ether oxygens (including phenoxy) is 1. The van der Waals surface area contributed by atoms with Crippen LogP contribution in [0.3, 0.4) is 0 Å². The lowest BCUT2D eigenvalue weighted by Gasteiger charge is -2.44. The summed E-state index contributed by atoms with van der Waals surface area (Å²) < 4.78 is 5.61. The van der Waals surface area contributed by atoms with Crippen LogP contribution in [0, 0.1) is 5.92 Å². The molecule has 0 aliphatic carbocycles. The van der Waals surface area contributed by atoms with Crippen molar-refractivity contribution in [2.75, 3.05) is 25.0 Å². The fourth-order valence-corrected chi connectivity index (χ4v) is 4.43. The third-order valence-corrected chi connectivity index (χ3v) is 5.68. The van der Waals surface area contributed by atoms with Crippen LogP contribution in [0.15, 0.2) is 42.5 Å². The predicted molar refractivity (Wildman–Crippen MR) is 101 cm³/mol. The van der Waals surface area contributed by atoms with E-state index in [4.69, 9.17) is 4.74 Å². The van der Waals surface area contributed by atoms with Gasteiger partial charge in [-0.15, -0.1) is 0 Å². The molecular weight excluding hydrogens is 312 g/mol. The number of amides is 1. The first-order valence-corrected chi connectivity index (χ1v) is 9.47. The highest BCUT2D eigenvalue weighted by atomic mass is 16.5. The molecule has 2 atom stereocenters. The third-order valence-electron chi connectivity index (χ3n) is 5.68. The highest BCUT2D eigenvalue weighted by Gasteiger charge is 2.33. The Kier molecular flexibility index (Phi) is 4.88. The minimum absolute atomic E-state index is 0.343. The summed E-state index contributed by atoms with van der Waals surface area (Å²) in [5.74, 6) is 0.479. The summed E-state index contributed by atoms with van der Waals surface area (Å²) in [5.41, 5.74) is 0.811. The van der Waals surface area contributed by atoms with Crippen molar-refractivity contribution in [1.29, 1.82) is 0 Å². The lowest BCUT2D eigenvalue weighted by molar-refractivity contribution is 0.0261. The minimum atomic E-state index is -0.343. The van der Waals surface area contributed by atoms with E-state index in [1.807, 2.05) is 42.5 Å². The molecule has 0 saturated carbocycles. The van der Waals surface area contributed by atoms with E-state index >= 15 is 0 Å². The van der Waals surface area contributed by atoms with Crippen molar-refractivity contribution < 1.29 is 9.53 Å². The van der Waals surface area contributed by atoms with E-state index in [0.717, 1.165) is 16.5 Å². The molecule has 4 nitrogen and oxygen atoms in total. The molecule has 4 rings (SSSR count). The molecule has 2 fully saturated rings. The number of carbonyl (C=O) groups excluding carboxylic acids is 1. The number of nitrogens with zero attached hydrogens (tertiary/aromatic N) is 1. The second-order valence-corrected chi connectivity index (χ2v) is 7.25. The van der Waals surface area contributed by atoms with E-state index < -0.39 is 0 Å². The van der Waals surface area contributed by atoms with E-state index in [2.05, 4.69) is 10.2 Å². The SMILES string of the molecule is O=C(Nc1cccc2ccccc12)OCC1CCCN2CCCCC12. The van der Waals surface area contributed by atoms with Crippen LogP contribution < -0.4 is 5.32 Å². The normalized spacial score (nSPS) is 23.8. The molecule has 2 saturated heterocycles. The number of hydrogen-bond acceptors (Lipinski definition) is 3. The zero-order valence-corrected chi connectivity index (χ0v) is 14.6. The molecule has 4 heteroatoms. The molecule has 2 heterocycles. The van der Waals surface area contributed by atoms with Crippen molar-refractivity contribution in [2.24, 2.45) is 5.92 Å². The Bertz CT molecular complexity index is 738. The van der Waals surface area contributed by atoms with Gasteiger partial charge in [0, 0.05) is 17.3 Å². The fourth-order valence-electron chi connectivity index (χ4n) is 4.43. The molecule has 2 aromatic carbocycles. The van der Waals surface area contributed by atoms with Crippen LogP contribution >= 0.6 is 0 Å². The number of carbonyl (C=O) groups is 1. The summed E-state index contributed by atoms with van der Waals surface area (Å²) in [6.07, 6.45) is 5.91. The highest BCUT2D eigenvalue weighted by Crippen LogP contribution is 2.31. The Morgan fingerprint density at radius 2 is 1.88 bits per heavy atom. The average molecular weight is 338 g/mol. The first-order valence-electron chi connectivity index (χ1n) is 9.47. The molecule has 0 spiro atoms. The Labute approximate surface area is 149 Å². The first kappa shape index (κ1) is 16.4. The van der Waals surface area contributed by atoms with Crippen LogP contribution in [0.1, 0.15) is 32.1 Å². The third kappa shape index (κ3) is 3.64. The van der Waals surface area contributed by atoms with Crippen molar-refractivity contribution in [3.63, 3.8) is 0 Å². The second kappa shape index (κ2) is 7.44. The van der Waals surface area contributed by atoms with Gasteiger partial charge in [-0.05, 0) is 50.2 Å². The van der Waals surface area contributed by atoms with Gasteiger partial charge in [0.05, 0.1) is 12.3 Å². The number of rotatable bonds is 3. The molecule has 2 unspecified atom stereocenters. The molecule has 2 aromatic rings. The molecule has 1 N–H and O–H groups in total. The summed E-state index contributed by atoms with van der Waals surface area (Å²) in [4.78, 5) is 14.9. The Morgan fingerprint density at radius 3 is 2.84 bits per heavy atom. The standard InChI is InChI=1S/C21H26N2O2/c24-21(22-19-11-5-8-16-7-1-2-10-18(16)19)25-15-17-9-6-14-23-13-4-3-12-20(17)23/h1-2,5,7-8,10-11,17,20H,3-4,6,9,12-15H2,(H,22,24). The van der Waals surface area contributed by atoms with Crippen molar-refractivity contribution in [3.8, 4) is 0 Å². The highest BCUT2D eigenvalue weighted by molar-refractivity contribution is 6.00. The molecular formula is C21H26N2O2. The first-order chi connectivity index (χ1) is 12.3. The smallest absolute Gasteiger partial charge is 0.411 e. The molecule has 0 bridgehead atoms. The minimum Gasteiger partial charge on any atom is -0.449 e. The lowest BCUT2D eigenvalue weighted by Crippen LogP contribution is -2.49. The zero-order chi connectivity index (χ0) is 17.1. The summed E-state index contributed by atoms with van der Waals surface area (Å²) in [7, 11) is 0. The number of piperidine rings is 2. The van der Waals surface area contributed by atoms with Gasteiger partial charge in [-0.2, -0.15) is 0 Å². The molecule has 1 amide bonds. The summed E-state index contributed by atoms with van der Waals surface area (Å²) in [5, 5.41) is 5.08. The molecule has 2 aliphatic heterocycles. The Hall–Kier alpha value is -2.07. The van der Waals surface area contributed by atoms with Gasteiger partial charge in [-0.3, -0.25) is 10.2 Å². The van der Waals surface area contributed by atoms with Gasteiger partial charge in [0.2, 0.25) is 0 Å². The maximum atomic E-state index is 12.3. The maximum Gasteiger partial charge on any atom is 0.411 e. The maximum absolute atomic E-state index is 12.3. The van der Waals surface area contributed by atoms with E-state index in [0.29, 0.717) is 18.6 Å². The largest absolute Gasteiger partial charge is 0.449 e. The van der Waals surface area contributed by atoms with Gasteiger partial charge in [0.1, 0.15) is 0 Å². The van der Waals surface area contributed by atoms with E-state index in [1.165, 1.54) is 45.2 Å². The van der Waals surface area contributed by atoms with Gasteiger partial charge in [0.25, 0.3) is 0 Å². The van der Waals surface area contributed by atoms with Gasteiger partial charge >= 0.3 is 6.09 Å². The second-order valence-electron chi connectivity index (χ2n) is 7.25. The molecule has 0 aromatic heterocycles. The monoisotopic (exact) mass is 338 g/mol. The van der Waals surface area contributed by atoms with Crippen LogP contribution in [0.25, 0.3) is 10.8 Å². The number of nitrogens with one attached hydrogen (secondary N) is 1. The average Bonchev–Trinajstić information content (AvgIpc) is 2.66. The summed E-state index contributed by atoms with van der Waals surface area (Å²) >= 11 is 0.